The molecular formula is C17H14FN3O2. The molecule has 1 N–H and O–H groups in total. The first-order valence-corrected chi connectivity index (χ1v) is 7.07. The molecule has 0 spiro atoms. The number of rotatable bonds is 3. The number of para-hydroxylation sites is 1. The fourth-order valence-electron chi connectivity index (χ4n) is 2.37. The quantitative estimate of drug-likeness (QED) is 0.886. The third-order valence-electron chi connectivity index (χ3n) is 3.51. The second kappa shape index (κ2) is 6.00. The molecule has 1 atom stereocenters. The monoisotopic (exact) mass is 311 g/mol. The maximum Gasteiger partial charge on any atom is 0.265 e. The van der Waals surface area contributed by atoms with Gasteiger partial charge in [-0.2, -0.15) is 10.1 Å². The number of hydrogen-bond acceptors (Lipinski definition) is 3. The number of carbonyl (C=O) groups excluding carboxylic acids is 2. The van der Waals surface area contributed by atoms with Crippen LogP contribution in [-0.4, -0.2) is 17.5 Å². The number of nitrogens with zero attached hydrogens (tertiary/aromatic N) is 2. The first-order chi connectivity index (χ1) is 11.1. The van der Waals surface area contributed by atoms with E-state index in [1.165, 1.54) is 29.3 Å². The van der Waals surface area contributed by atoms with Crippen LogP contribution in [-0.2, 0) is 9.59 Å². The molecule has 0 aromatic heterocycles. The normalized spacial score (nSPS) is 17.1. The predicted octanol–water partition coefficient (Wildman–Crippen LogP) is 2.80. The van der Waals surface area contributed by atoms with Gasteiger partial charge in [0.25, 0.3) is 5.91 Å². The molecule has 5 nitrogen and oxygen atoms in total. The van der Waals surface area contributed by atoms with Crippen LogP contribution in [0, 0.1) is 11.7 Å². The van der Waals surface area contributed by atoms with E-state index in [4.69, 9.17) is 0 Å². The summed E-state index contributed by atoms with van der Waals surface area (Å²) >= 11 is 0. The minimum atomic E-state index is -0.986. The summed E-state index contributed by atoms with van der Waals surface area (Å²) in [5.41, 5.74) is 1.45. The van der Waals surface area contributed by atoms with Gasteiger partial charge < -0.3 is 5.32 Å². The summed E-state index contributed by atoms with van der Waals surface area (Å²) in [4.78, 5) is 24.9. The molecule has 1 heterocycles. The van der Waals surface area contributed by atoms with Gasteiger partial charge in [0, 0.05) is 5.69 Å². The van der Waals surface area contributed by atoms with Crippen LogP contribution >= 0.6 is 0 Å². The fraction of sp³-hybridized carbons (Fsp3) is 0.118. The van der Waals surface area contributed by atoms with E-state index in [2.05, 4.69) is 10.4 Å². The van der Waals surface area contributed by atoms with Crippen LogP contribution in [0.1, 0.15) is 6.92 Å². The lowest BCUT2D eigenvalue weighted by Crippen LogP contribution is -2.36. The van der Waals surface area contributed by atoms with Gasteiger partial charge in [-0.05, 0) is 43.3 Å². The highest BCUT2D eigenvalue weighted by molar-refractivity contribution is 6.28. The van der Waals surface area contributed by atoms with Crippen molar-refractivity contribution in [2.45, 2.75) is 6.92 Å². The van der Waals surface area contributed by atoms with Gasteiger partial charge in [0.05, 0.1) is 11.4 Å². The van der Waals surface area contributed by atoms with Crippen LogP contribution in [0.3, 0.4) is 0 Å². The standard InChI is InChI=1S/C17H14FN3O2/c1-11-15(16(22)19-13-9-7-12(18)8-10-13)17(23)21(20-11)14-5-3-2-4-6-14/h2-10,15H,1H3,(H,19,22). The predicted molar refractivity (Wildman–Crippen MR) is 85.6 cm³/mol. The third kappa shape index (κ3) is 2.96. The molecule has 2 aromatic carbocycles. The average Bonchev–Trinajstić information content (AvgIpc) is 2.85. The molecule has 0 aliphatic carbocycles. The van der Waals surface area contributed by atoms with Crippen molar-refractivity contribution in [3.63, 3.8) is 0 Å². The zero-order valence-electron chi connectivity index (χ0n) is 12.4. The number of amides is 2. The third-order valence-corrected chi connectivity index (χ3v) is 3.51. The molecule has 6 heteroatoms. The van der Waals surface area contributed by atoms with Crippen molar-refractivity contribution in [1.29, 1.82) is 0 Å². The maximum absolute atomic E-state index is 12.9. The second-order valence-corrected chi connectivity index (χ2v) is 5.16. The van der Waals surface area contributed by atoms with Gasteiger partial charge in [-0.25, -0.2) is 4.39 Å². The highest BCUT2D eigenvalue weighted by Crippen LogP contribution is 2.24. The molecule has 3 rings (SSSR count). The van der Waals surface area contributed by atoms with Crippen molar-refractivity contribution in [2.24, 2.45) is 11.0 Å². The molecule has 23 heavy (non-hydrogen) atoms. The van der Waals surface area contributed by atoms with Crippen molar-refractivity contribution in [1.82, 2.24) is 0 Å². The molecule has 0 saturated carbocycles. The first-order valence-electron chi connectivity index (χ1n) is 7.07. The SMILES string of the molecule is CC1=NN(c2ccccc2)C(=O)C1C(=O)Nc1ccc(F)cc1. The lowest BCUT2D eigenvalue weighted by Gasteiger charge is -2.14. The minimum Gasteiger partial charge on any atom is -0.325 e. The smallest absolute Gasteiger partial charge is 0.265 e. The molecule has 116 valence electrons. The van der Waals surface area contributed by atoms with E-state index >= 15 is 0 Å². The van der Waals surface area contributed by atoms with Crippen LogP contribution < -0.4 is 10.3 Å². The molecule has 0 bridgehead atoms. The van der Waals surface area contributed by atoms with Gasteiger partial charge in [0.15, 0.2) is 5.92 Å². The molecule has 1 aliphatic rings. The van der Waals surface area contributed by atoms with Gasteiger partial charge in [-0.1, -0.05) is 18.2 Å². The van der Waals surface area contributed by atoms with Gasteiger partial charge >= 0.3 is 0 Å². The van der Waals surface area contributed by atoms with Crippen molar-refractivity contribution in [2.75, 3.05) is 10.3 Å². The van der Waals surface area contributed by atoms with E-state index in [1.54, 1.807) is 31.2 Å². The lowest BCUT2D eigenvalue weighted by molar-refractivity contribution is -0.127. The van der Waals surface area contributed by atoms with E-state index in [0.717, 1.165) is 0 Å². The molecule has 1 aliphatic heterocycles. The molecule has 1 unspecified atom stereocenters. The van der Waals surface area contributed by atoms with E-state index in [1.807, 2.05) is 6.07 Å². The molecule has 2 aromatic rings. The van der Waals surface area contributed by atoms with E-state index in [-0.39, 0.29) is 0 Å². The van der Waals surface area contributed by atoms with E-state index < -0.39 is 23.5 Å². The Kier molecular flexibility index (Phi) is 3.89. The largest absolute Gasteiger partial charge is 0.325 e. The Labute approximate surface area is 132 Å². The van der Waals surface area contributed by atoms with Crippen molar-refractivity contribution < 1.29 is 14.0 Å². The maximum atomic E-state index is 12.9. The van der Waals surface area contributed by atoms with Crippen LogP contribution in [0.4, 0.5) is 15.8 Å². The van der Waals surface area contributed by atoms with Crippen LogP contribution in [0.15, 0.2) is 59.7 Å². The Morgan fingerprint density at radius 1 is 1.13 bits per heavy atom. The number of anilines is 2. The summed E-state index contributed by atoms with van der Waals surface area (Å²) < 4.78 is 12.9. The molecule has 2 amide bonds. The summed E-state index contributed by atoms with van der Waals surface area (Å²) in [6.45, 7) is 1.63. The van der Waals surface area contributed by atoms with Crippen molar-refractivity contribution in [3.8, 4) is 0 Å². The first kappa shape index (κ1) is 14.9. The fourth-order valence-corrected chi connectivity index (χ4v) is 2.37. The summed E-state index contributed by atoms with van der Waals surface area (Å²) in [6.07, 6.45) is 0. The Bertz CT molecular complexity index is 772. The molecule has 0 radical (unpaired) electrons. The molecular weight excluding hydrogens is 297 g/mol. The van der Waals surface area contributed by atoms with Gasteiger partial charge in [0.1, 0.15) is 5.82 Å². The number of halogens is 1. The number of hydrazone groups is 1. The Hall–Kier alpha value is -3.02. The zero-order chi connectivity index (χ0) is 16.4. The number of benzene rings is 2. The van der Waals surface area contributed by atoms with Crippen molar-refractivity contribution >= 4 is 28.9 Å². The summed E-state index contributed by atoms with van der Waals surface area (Å²) in [5.74, 6) is -2.28. The summed E-state index contributed by atoms with van der Waals surface area (Å²) in [5, 5.41) is 8.01. The van der Waals surface area contributed by atoms with E-state index in [9.17, 15) is 14.0 Å². The van der Waals surface area contributed by atoms with Crippen LogP contribution in [0.25, 0.3) is 0 Å². The Morgan fingerprint density at radius 2 is 1.78 bits per heavy atom. The second-order valence-electron chi connectivity index (χ2n) is 5.16. The van der Waals surface area contributed by atoms with E-state index in [0.29, 0.717) is 17.1 Å². The Balaban J connectivity index is 1.78. The van der Waals surface area contributed by atoms with Gasteiger partial charge in [-0.3, -0.25) is 9.59 Å². The topological polar surface area (TPSA) is 61.8 Å². The Morgan fingerprint density at radius 3 is 2.43 bits per heavy atom. The number of nitrogens with one attached hydrogen (secondary N) is 1. The van der Waals surface area contributed by atoms with Crippen LogP contribution in [0.5, 0.6) is 0 Å². The highest BCUT2D eigenvalue weighted by Gasteiger charge is 2.39. The number of carbonyl (C=O) groups is 2. The summed E-state index contributed by atoms with van der Waals surface area (Å²) in [6, 6.07) is 14.3. The minimum absolute atomic E-state index is 0.395. The summed E-state index contributed by atoms with van der Waals surface area (Å²) in [7, 11) is 0. The number of hydrogen-bond donors (Lipinski definition) is 1. The lowest BCUT2D eigenvalue weighted by atomic mass is 10.0. The molecule has 0 saturated heterocycles. The highest BCUT2D eigenvalue weighted by atomic mass is 19.1. The van der Waals surface area contributed by atoms with Crippen LogP contribution in [0.2, 0.25) is 0 Å². The van der Waals surface area contributed by atoms with Gasteiger partial charge in [-0.15, -0.1) is 0 Å². The van der Waals surface area contributed by atoms with Gasteiger partial charge in [0.2, 0.25) is 5.91 Å². The van der Waals surface area contributed by atoms with Crippen molar-refractivity contribution in [3.05, 3.63) is 60.4 Å². The average molecular weight is 311 g/mol. The zero-order valence-corrected chi connectivity index (χ0v) is 12.4. The molecule has 0 fully saturated rings.